The quantitative estimate of drug-likeness (QED) is 0.636. The van der Waals surface area contributed by atoms with Crippen LogP contribution in [0.5, 0.6) is 0 Å². The van der Waals surface area contributed by atoms with Crippen LogP contribution < -0.4 is 5.32 Å². The first-order valence-electron chi connectivity index (χ1n) is 8.97. The van der Waals surface area contributed by atoms with Gasteiger partial charge in [0.1, 0.15) is 0 Å². The van der Waals surface area contributed by atoms with Crippen LogP contribution in [-0.2, 0) is 22.1 Å². The topological polar surface area (TPSA) is 98.5 Å². The van der Waals surface area contributed by atoms with E-state index in [9.17, 15) is 22.8 Å². The lowest BCUT2D eigenvalue weighted by molar-refractivity contribution is -0.144. The second-order valence-corrected chi connectivity index (χ2v) is 6.43. The average molecular weight is 421 g/mol. The van der Waals surface area contributed by atoms with E-state index in [1.807, 2.05) is 0 Å². The van der Waals surface area contributed by atoms with Gasteiger partial charge in [0, 0.05) is 22.6 Å². The highest BCUT2D eigenvalue weighted by Gasteiger charge is 2.37. The van der Waals surface area contributed by atoms with Gasteiger partial charge in [-0.15, -0.1) is 5.10 Å². The predicted octanol–water partition coefficient (Wildman–Crippen LogP) is 3.12. The second kappa shape index (κ2) is 8.09. The lowest BCUT2D eigenvalue weighted by atomic mass is 10.1. The van der Waals surface area contributed by atoms with Crippen LogP contribution in [-0.4, -0.2) is 38.1 Å². The smallest absolute Gasteiger partial charge is 0.453 e. The van der Waals surface area contributed by atoms with Crippen molar-refractivity contribution in [3.63, 3.8) is 0 Å². The average Bonchev–Trinajstić information content (AvgIpc) is 3.10. The van der Waals surface area contributed by atoms with E-state index in [1.165, 1.54) is 12.1 Å². The monoisotopic (exact) mass is 421 g/mol. The summed E-state index contributed by atoms with van der Waals surface area (Å²) >= 11 is 0. The normalized spacial score (nSPS) is 11.5. The molecule has 30 heavy (non-hydrogen) atoms. The van der Waals surface area contributed by atoms with Crippen molar-refractivity contribution in [3.05, 3.63) is 52.6 Å². The highest BCUT2D eigenvalue weighted by Crippen LogP contribution is 2.27. The number of benzene rings is 1. The molecule has 0 radical (unpaired) electrons. The molecule has 2 aromatic heterocycles. The van der Waals surface area contributed by atoms with E-state index in [2.05, 4.69) is 20.4 Å². The first-order chi connectivity index (χ1) is 14.1. The number of hydrogen-bond donors (Lipinski definition) is 1. The van der Waals surface area contributed by atoms with E-state index >= 15 is 0 Å². The Morgan fingerprint density at radius 2 is 1.80 bits per heavy atom. The van der Waals surface area contributed by atoms with Gasteiger partial charge in [0.2, 0.25) is 5.91 Å². The first kappa shape index (κ1) is 21.2. The van der Waals surface area contributed by atoms with Crippen molar-refractivity contribution in [1.29, 1.82) is 0 Å². The number of nitrogens with one attached hydrogen (secondary N) is 1. The molecule has 0 atom stereocenters. The molecule has 0 aliphatic carbocycles. The SMILES string of the molecule is CCOC(=O)c1ccc(NC(=O)Cc2c(C)nc3nc(C(F)(F)F)nn3c2C)cc1. The Kier molecular flexibility index (Phi) is 5.72. The van der Waals surface area contributed by atoms with Gasteiger partial charge in [0.05, 0.1) is 18.6 Å². The molecule has 0 aliphatic rings. The van der Waals surface area contributed by atoms with Gasteiger partial charge < -0.3 is 10.1 Å². The number of carbonyl (C=O) groups is 2. The molecule has 3 rings (SSSR count). The summed E-state index contributed by atoms with van der Waals surface area (Å²) in [5, 5.41) is 6.14. The number of aryl methyl sites for hydroxylation is 2. The molecule has 0 saturated carbocycles. The number of amides is 1. The molecule has 0 saturated heterocycles. The molecule has 0 bridgehead atoms. The minimum Gasteiger partial charge on any atom is -0.462 e. The third-order valence-electron chi connectivity index (χ3n) is 4.32. The summed E-state index contributed by atoms with van der Waals surface area (Å²) in [6, 6.07) is 6.15. The number of carbonyl (C=O) groups excluding carboxylic acids is 2. The fourth-order valence-corrected chi connectivity index (χ4v) is 2.85. The third-order valence-corrected chi connectivity index (χ3v) is 4.32. The summed E-state index contributed by atoms with van der Waals surface area (Å²) in [6.07, 6.45) is -4.82. The van der Waals surface area contributed by atoms with Gasteiger partial charge >= 0.3 is 12.1 Å². The Hall–Kier alpha value is -3.50. The Morgan fingerprint density at radius 3 is 2.40 bits per heavy atom. The van der Waals surface area contributed by atoms with Crippen molar-refractivity contribution in [2.45, 2.75) is 33.4 Å². The molecule has 11 heteroatoms. The second-order valence-electron chi connectivity index (χ2n) is 6.43. The van der Waals surface area contributed by atoms with Gasteiger partial charge in [-0.25, -0.2) is 14.3 Å². The van der Waals surface area contributed by atoms with Crippen LogP contribution in [0.25, 0.3) is 5.78 Å². The number of fused-ring (bicyclic) bond motifs is 1. The molecule has 1 N–H and O–H groups in total. The Balaban J connectivity index is 1.78. The fourth-order valence-electron chi connectivity index (χ4n) is 2.85. The van der Waals surface area contributed by atoms with Crippen molar-refractivity contribution in [3.8, 4) is 0 Å². The summed E-state index contributed by atoms with van der Waals surface area (Å²) in [5.41, 5.74) is 1.98. The van der Waals surface area contributed by atoms with Crippen LogP contribution in [0.1, 0.15) is 40.1 Å². The van der Waals surface area contributed by atoms with Crippen molar-refractivity contribution < 1.29 is 27.5 Å². The zero-order valence-electron chi connectivity index (χ0n) is 16.4. The van der Waals surface area contributed by atoms with E-state index in [-0.39, 0.29) is 18.8 Å². The molecule has 3 aromatic rings. The maximum Gasteiger partial charge on any atom is 0.453 e. The van der Waals surface area contributed by atoms with E-state index in [0.29, 0.717) is 28.2 Å². The maximum absolute atomic E-state index is 12.9. The van der Waals surface area contributed by atoms with Crippen molar-refractivity contribution >= 4 is 23.3 Å². The number of halogens is 3. The summed E-state index contributed by atoms with van der Waals surface area (Å²) in [4.78, 5) is 31.6. The molecule has 8 nitrogen and oxygen atoms in total. The summed E-state index contributed by atoms with van der Waals surface area (Å²) in [6.45, 7) is 5.09. The summed E-state index contributed by atoms with van der Waals surface area (Å²) < 4.78 is 44.5. The van der Waals surface area contributed by atoms with Crippen LogP contribution in [0.15, 0.2) is 24.3 Å². The number of aromatic nitrogens is 4. The molecule has 0 aliphatic heterocycles. The first-order valence-corrected chi connectivity index (χ1v) is 8.97. The van der Waals surface area contributed by atoms with Crippen LogP contribution >= 0.6 is 0 Å². The highest BCUT2D eigenvalue weighted by molar-refractivity contribution is 5.94. The van der Waals surface area contributed by atoms with Gasteiger partial charge in [-0.2, -0.15) is 18.2 Å². The lowest BCUT2D eigenvalue weighted by Gasteiger charge is -2.11. The number of esters is 1. The molecule has 2 heterocycles. The number of alkyl halides is 3. The molecule has 0 spiro atoms. The predicted molar refractivity (Wildman–Crippen MR) is 100.0 cm³/mol. The Bertz CT molecular complexity index is 1110. The minimum atomic E-state index is -4.69. The van der Waals surface area contributed by atoms with E-state index in [1.54, 1.807) is 32.9 Å². The molecule has 0 fully saturated rings. The number of anilines is 1. The van der Waals surface area contributed by atoms with Gasteiger partial charge in [0.25, 0.3) is 11.6 Å². The van der Waals surface area contributed by atoms with Crippen LogP contribution in [0, 0.1) is 13.8 Å². The molecular formula is C19H18F3N5O3. The minimum absolute atomic E-state index is 0.124. The number of hydrogen-bond acceptors (Lipinski definition) is 6. The van der Waals surface area contributed by atoms with Crippen LogP contribution in [0.2, 0.25) is 0 Å². The molecule has 1 aromatic carbocycles. The van der Waals surface area contributed by atoms with E-state index in [0.717, 1.165) is 4.52 Å². The van der Waals surface area contributed by atoms with Crippen molar-refractivity contribution in [2.75, 3.05) is 11.9 Å². The van der Waals surface area contributed by atoms with Gasteiger partial charge in [-0.05, 0) is 45.0 Å². The number of rotatable bonds is 5. The third kappa shape index (κ3) is 4.39. The Morgan fingerprint density at radius 1 is 1.13 bits per heavy atom. The number of ether oxygens (including phenoxy) is 1. The van der Waals surface area contributed by atoms with Gasteiger partial charge in [0.15, 0.2) is 0 Å². The summed E-state index contributed by atoms with van der Waals surface area (Å²) in [5.74, 6) is -2.34. The molecule has 0 unspecified atom stereocenters. The van der Waals surface area contributed by atoms with Gasteiger partial charge in [-0.3, -0.25) is 4.79 Å². The zero-order chi connectivity index (χ0) is 22.1. The van der Waals surface area contributed by atoms with Crippen LogP contribution in [0.4, 0.5) is 18.9 Å². The maximum atomic E-state index is 12.9. The molecule has 158 valence electrons. The molecular weight excluding hydrogens is 403 g/mol. The largest absolute Gasteiger partial charge is 0.462 e. The summed E-state index contributed by atoms with van der Waals surface area (Å²) in [7, 11) is 0. The van der Waals surface area contributed by atoms with Gasteiger partial charge in [-0.1, -0.05) is 0 Å². The van der Waals surface area contributed by atoms with Crippen molar-refractivity contribution in [1.82, 2.24) is 19.6 Å². The Labute approximate surface area is 169 Å². The standard InChI is InChI=1S/C19H18F3N5O3/c1-4-30-16(29)12-5-7-13(8-6-12)24-15(28)9-14-10(2)23-18-25-17(19(20,21)22)26-27(18)11(14)3/h5-8H,4,9H2,1-3H3,(H,24,28). The molecule has 1 amide bonds. The van der Waals surface area contributed by atoms with E-state index in [4.69, 9.17) is 4.74 Å². The van der Waals surface area contributed by atoms with Crippen LogP contribution in [0.3, 0.4) is 0 Å². The van der Waals surface area contributed by atoms with Crippen molar-refractivity contribution in [2.24, 2.45) is 0 Å². The highest BCUT2D eigenvalue weighted by atomic mass is 19.4. The van der Waals surface area contributed by atoms with E-state index < -0.39 is 23.9 Å². The lowest BCUT2D eigenvalue weighted by Crippen LogP contribution is -2.18. The number of nitrogens with zero attached hydrogens (tertiary/aromatic N) is 4. The zero-order valence-corrected chi connectivity index (χ0v) is 16.4. The fraction of sp³-hybridized carbons (Fsp3) is 0.316.